The lowest BCUT2D eigenvalue weighted by atomic mass is 10.1. The fourth-order valence-electron chi connectivity index (χ4n) is 1.30. The maximum Gasteiger partial charge on any atom is 0.354 e. The van der Waals surface area contributed by atoms with Crippen LogP contribution < -0.4 is 5.32 Å². The summed E-state index contributed by atoms with van der Waals surface area (Å²) in [6.45, 7) is 1.54. The van der Waals surface area contributed by atoms with Gasteiger partial charge in [0.2, 0.25) is 0 Å². The van der Waals surface area contributed by atoms with Crippen LogP contribution in [-0.2, 0) is 13.1 Å². The van der Waals surface area contributed by atoms with Crippen molar-refractivity contribution in [1.82, 2.24) is 10.3 Å². The molecule has 0 radical (unpaired) electrons. The number of fused-ring (bicyclic) bond motifs is 1. The van der Waals surface area contributed by atoms with E-state index in [2.05, 4.69) is 10.3 Å². The topological polar surface area (TPSA) is 62.2 Å². The van der Waals surface area contributed by atoms with Crippen LogP contribution in [0.5, 0.6) is 0 Å². The Bertz CT molecular complexity index is 344. The van der Waals surface area contributed by atoms with Gasteiger partial charge >= 0.3 is 5.97 Å². The van der Waals surface area contributed by atoms with E-state index in [4.69, 9.17) is 5.11 Å². The van der Waals surface area contributed by atoms with Gasteiger partial charge in [0.05, 0.1) is 0 Å². The van der Waals surface area contributed by atoms with Crippen molar-refractivity contribution in [3.8, 4) is 0 Å². The number of carboxylic acids is 1. The van der Waals surface area contributed by atoms with Crippen LogP contribution in [0.2, 0.25) is 0 Å². The van der Waals surface area contributed by atoms with E-state index < -0.39 is 5.97 Å². The molecular weight excluding hydrogens is 227 g/mol. The first-order valence-electron chi connectivity index (χ1n) is 3.69. The average molecular weight is 237 g/mol. The molecule has 1 aliphatic rings. The summed E-state index contributed by atoms with van der Waals surface area (Å²) in [6.07, 6.45) is 1.62. The van der Waals surface area contributed by atoms with Gasteiger partial charge in [-0.15, -0.1) is 24.8 Å². The van der Waals surface area contributed by atoms with Crippen molar-refractivity contribution in [2.75, 3.05) is 0 Å². The summed E-state index contributed by atoms with van der Waals surface area (Å²) in [5, 5.41) is 11.8. The highest BCUT2D eigenvalue weighted by molar-refractivity contribution is 5.86. The number of nitrogens with zero attached hydrogens (tertiary/aromatic N) is 1. The number of aromatic carboxylic acids is 1. The predicted octanol–water partition coefficient (Wildman–Crippen LogP) is 1.23. The van der Waals surface area contributed by atoms with E-state index in [9.17, 15) is 4.79 Å². The molecule has 0 fully saturated rings. The van der Waals surface area contributed by atoms with Gasteiger partial charge in [0, 0.05) is 19.3 Å². The van der Waals surface area contributed by atoms with E-state index in [1.54, 1.807) is 12.3 Å². The first-order chi connectivity index (χ1) is 5.77. The van der Waals surface area contributed by atoms with Gasteiger partial charge in [0.15, 0.2) is 0 Å². The second-order valence-electron chi connectivity index (χ2n) is 2.75. The van der Waals surface area contributed by atoms with Crippen LogP contribution in [0.4, 0.5) is 0 Å². The molecule has 2 N–H and O–H groups in total. The molecule has 6 heteroatoms. The van der Waals surface area contributed by atoms with E-state index in [0.717, 1.165) is 24.2 Å². The van der Waals surface area contributed by atoms with Crippen molar-refractivity contribution in [3.05, 3.63) is 29.1 Å². The van der Waals surface area contributed by atoms with Crippen LogP contribution in [0.1, 0.15) is 21.6 Å². The lowest BCUT2D eigenvalue weighted by Crippen LogP contribution is -2.01. The summed E-state index contributed by atoms with van der Waals surface area (Å²) in [5.41, 5.74) is 2.26. The van der Waals surface area contributed by atoms with Crippen molar-refractivity contribution in [2.45, 2.75) is 13.1 Å². The molecule has 1 aliphatic heterocycles. The van der Waals surface area contributed by atoms with Gasteiger partial charge in [-0.05, 0) is 17.2 Å². The van der Waals surface area contributed by atoms with Crippen molar-refractivity contribution < 1.29 is 9.90 Å². The summed E-state index contributed by atoms with van der Waals surface area (Å²) >= 11 is 0. The van der Waals surface area contributed by atoms with Gasteiger partial charge in [-0.25, -0.2) is 9.78 Å². The van der Waals surface area contributed by atoms with Crippen molar-refractivity contribution in [1.29, 1.82) is 0 Å². The average Bonchev–Trinajstić information content (AvgIpc) is 2.49. The molecule has 78 valence electrons. The number of aromatic nitrogens is 1. The second kappa shape index (κ2) is 5.14. The first kappa shape index (κ1) is 13.2. The monoisotopic (exact) mass is 236 g/mol. The summed E-state index contributed by atoms with van der Waals surface area (Å²) in [7, 11) is 0. The quantitative estimate of drug-likeness (QED) is 0.771. The Morgan fingerprint density at radius 2 is 2.00 bits per heavy atom. The van der Waals surface area contributed by atoms with E-state index >= 15 is 0 Å². The number of nitrogens with one attached hydrogen (secondary N) is 1. The highest BCUT2D eigenvalue weighted by Gasteiger charge is 2.13. The molecule has 0 unspecified atom stereocenters. The maximum absolute atomic E-state index is 10.5. The van der Waals surface area contributed by atoms with Crippen molar-refractivity contribution in [3.63, 3.8) is 0 Å². The SMILES string of the molecule is Cl.Cl.O=C(O)c1cc2c(cn1)CNC2. The largest absolute Gasteiger partial charge is 0.477 e. The van der Waals surface area contributed by atoms with Gasteiger partial charge < -0.3 is 10.4 Å². The fraction of sp³-hybridized carbons (Fsp3) is 0.250. The van der Waals surface area contributed by atoms with Gasteiger partial charge in [-0.3, -0.25) is 0 Å². The summed E-state index contributed by atoms with van der Waals surface area (Å²) < 4.78 is 0. The van der Waals surface area contributed by atoms with Gasteiger partial charge in [-0.1, -0.05) is 0 Å². The Morgan fingerprint density at radius 3 is 2.64 bits per heavy atom. The minimum atomic E-state index is -0.968. The molecule has 0 amide bonds. The molecule has 0 atom stereocenters. The van der Waals surface area contributed by atoms with Crippen LogP contribution in [0.25, 0.3) is 0 Å². The molecule has 4 nitrogen and oxygen atoms in total. The lowest BCUT2D eigenvalue weighted by molar-refractivity contribution is 0.0690. The molecule has 14 heavy (non-hydrogen) atoms. The second-order valence-corrected chi connectivity index (χ2v) is 2.75. The zero-order valence-electron chi connectivity index (χ0n) is 7.19. The van der Waals surface area contributed by atoms with E-state index in [0.29, 0.717) is 0 Å². The Balaban J connectivity index is 0.000000845. The fourth-order valence-corrected chi connectivity index (χ4v) is 1.30. The smallest absolute Gasteiger partial charge is 0.354 e. The Morgan fingerprint density at radius 1 is 1.36 bits per heavy atom. The first-order valence-corrected chi connectivity index (χ1v) is 3.69. The molecule has 0 saturated heterocycles. The summed E-state index contributed by atoms with van der Waals surface area (Å²) in [5.74, 6) is -0.968. The zero-order valence-corrected chi connectivity index (χ0v) is 8.82. The van der Waals surface area contributed by atoms with Crippen LogP contribution in [0.15, 0.2) is 12.3 Å². The standard InChI is InChI=1S/C8H8N2O2.2ClH/c11-8(12)7-1-5-2-9-3-6(5)4-10-7;;/h1,4,9H,2-3H2,(H,11,12);2*1H. The Labute approximate surface area is 93.6 Å². The van der Waals surface area contributed by atoms with E-state index in [1.165, 1.54) is 0 Å². The normalized spacial score (nSPS) is 12.3. The molecule has 1 aromatic rings. The number of halogens is 2. The van der Waals surface area contributed by atoms with E-state index in [-0.39, 0.29) is 30.5 Å². The number of rotatable bonds is 1. The molecule has 1 aromatic heterocycles. The Hall–Kier alpha value is -0.840. The van der Waals surface area contributed by atoms with Gasteiger partial charge in [0.1, 0.15) is 5.69 Å². The minimum Gasteiger partial charge on any atom is -0.477 e. The van der Waals surface area contributed by atoms with Crippen molar-refractivity contribution >= 4 is 30.8 Å². The Kier molecular flexibility index (Phi) is 4.83. The summed E-state index contributed by atoms with van der Waals surface area (Å²) in [4.78, 5) is 14.3. The highest BCUT2D eigenvalue weighted by Crippen LogP contribution is 2.14. The molecule has 0 saturated carbocycles. The van der Waals surface area contributed by atoms with Gasteiger partial charge in [0.25, 0.3) is 0 Å². The van der Waals surface area contributed by atoms with Crippen LogP contribution in [0.3, 0.4) is 0 Å². The molecule has 0 bridgehead atoms. The van der Waals surface area contributed by atoms with Crippen LogP contribution in [0, 0.1) is 0 Å². The number of pyridine rings is 1. The van der Waals surface area contributed by atoms with Gasteiger partial charge in [-0.2, -0.15) is 0 Å². The third-order valence-electron chi connectivity index (χ3n) is 1.93. The number of carboxylic acid groups (broad SMARTS) is 1. The number of hydrogen-bond donors (Lipinski definition) is 2. The molecular formula is C8H10Cl2N2O2. The molecule has 0 spiro atoms. The summed E-state index contributed by atoms with van der Waals surface area (Å²) in [6, 6.07) is 1.62. The van der Waals surface area contributed by atoms with E-state index in [1.807, 2.05) is 0 Å². The molecule has 0 aliphatic carbocycles. The minimum absolute atomic E-state index is 0. The molecule has 2 rings (SSSR count). The molecule has 0 aromatic carbocycles. The number of carbonyl (C=O) groups is 1. The third-order valence-corrected chi connectivity index (χ3v) is 1.93. The molecule has 2 heterocycles. The highest BCUT2D eigenvalue weighted by atomic mass is 35.5. The lowest BCUT2D eigenvalue weighted by Gasteiger charge is -1.97. The van der Waals surface area contributed by atoms with Crippen LogP contribution >= 0.6 is 24.8 Å². The zero-order chi connectivity index (χ0) is 8.55. The predicted molar refractivity (Wildman–Crippen MR) is 56.2 cm³/mol. The van der Waals surface area contributed by atoms with Crippen LogP contribution in [-0.4, -0.2) is 16.1 Å². The third kappa shape index (κ3) is 2.35. The van der Waals surface area contributed by atoms with Crippen molar-refractivity contribution in [2.24, 2.45) is 0 Å². The number of hydrogen-bond acceptors (Lipinski definition) is 3. The maximum atomic E-state index is 10.5.